The quantitative estimate of drug-likeness (QED) is 0.545. The van der Waals surface area contributed by atoms with Crippen molar-refractivity contribution in [2.45, 2.75) is 65.2 Å². The van der Waals surface area contributed by atoms with E-state index in [0.29, 0.717) is 0 Å². The van der Waals surface area contributed by atoms with E-state index in [1.54, 1.807) is 38.5 Å². The molecule has 0 aromatic carbocycles. The zero-order chi connectivity index (χ0) is 11.1. The summed E-state index contributed by atoms with van der Waals surface area (Å²) in [6.45, 7) is 4.98. The van der Waals surface area contributed by atoms with Crippen LogP contribution in [0.4, 0.5) is 0 Å². The molecule has 0 heterocycles. The van der Waals surface area contributed by atoms with Gasteiger partial charge in [0, 0.05) is 0 Å². The average Bonchev–Trinajstić information content (AvgIpc) is 2.29. The van der Waals surface area contributed by atoms with Crippen molar-refractivity contribution in [3.05, 3.63) is 0 Å². The van der Waals surface area contributed by atoms with Gasteiger partial charge in [0.25, 0.3) is 0 Å². The first kappa shape index (κ1) is 11.1. The van der Waals surface area contributed by atoms with Crippen molar-refractivity contribution in [2.75, 3.05) is 0 Å². The van der Waals surface area contributed by atoms with Crippen LogP contribution in [0.5, 0.6) is 0 Å². The van der Waals surface area contributed by atoms with Crippen LogP contribution in [-0.2, 0) is 0 Å². The van der Waals surface area contributed by atoms with Crippen LogP contribution in [0.15, 0.2) is 0 Å². The van der Waals surface area contributed by atoms with Crippen LogP contribution >= 0.6 is 0 Å². The van der Waals surface area contributed by atoms with E-state index < -0.39 is 0 Å². The predicted molar refractivity (Wildman–Crippen MR) is 69.2 cm³/mol. The Morgan fingerprint density at radius 3 is 1.38 bits per heavy atom. The Morgan fingerprint density at radius 1 is 0.562 bits per heavy atom. The van der Waals surface area contributed by atoms with Crippen LogP contribution in [0, 0.1) is 35.5 Å². The van der Waals surface area contributed by atoms with E-state index in [9.17, 15) is 0 Å². The molecule has 0 spiro atoms. The van der Waals surface area contributed by atoms with Crippen LogP contribution in [0.1, 0.15) is 65.2 Å². The Labute approximate surface area is 101 Å². The van der Waals surface area contributed by atoms with Gasteiger partial charge in [-0.05, 0) is 74.0 Å². The summed E-state index contributed by atoms with van der Waals surface area (Å²) in [4.78, 5) is 0. The molecule has 3 fully saturated rings. The molecular weight excluding hydrogens is 192 g/mol. The molecule has 3 saturated carbocycles. The van der Waals surface area contributed by atoms with E-state index in [-0.39, 0.29) is 0 Å². The molecule has 3 rings (SSSR count). The SMILES string of the molecule is CC1CCC2CCC3CCC(C)CC3C2C1. The zero-order valence-corrected chi connectivity index (χ0v) is 11.1. The molecule has 0 nitrogen and oxygen atoms in total. The van der Waals surface area contributed by atoms with Gasteiger partial charge in [0.05, 0.1) is 0 Å². The van der Waals surface area contributed by atoms with Crippen molar-refractivity contribution < 1.29 is 0 Å². The molecular formula is C16H28. The summed E-state index contributed by atoms with van der Waals surface area (Å²) in [5.41, 5.74) is 0. The maximum Gasteiger partial charge on any atom is -0.0352 e. The van der Waals surface area contributed by atoms with Gasteiger partial charge in [-0.3, -0.25) is 0 Å². The highest BCUT2D eigenvalue weighted by atomic mass is 14.5. The highest BCUT2D eigenvalue weighted by molar-refractivity contribution is 4.93. The third kappa shape index (κ3) is 1.93. The summed E-state index contributed by atoms with van der Waals surface area (Å²) in [6.07, 6.45) is 12.5. The number of fused-ring (bicyclic) bond motifs is 3. The molecule has 0 amide bonds. The molecule has 0 heteroatoms. The van der Waals surface area contributed by atoms with Crippen molar-refractivity contribution in [3.8, 4) is 0 Å². The second-order valence-corrected chi connectivity index (χ2v) is 7.26. The summed E-state index contributed by atoms with van der Waals surface area (Å²) in [5, 5.41) is 0. The topological polar surface area (TPSA) is 0 Å². The van der Waals surface area contributed by atoms with Gasteiger partial charge in [-0.15, -0.1) is 0 Å². The molecule has 0 N–H and O–H groups in total. The average molecular weight is 220 g/mol. The number of hydrogen-bond donors (Lipinski definition) is 0. The molecule has 0 radical (unpaired) electrons. The standard InChI is InChI=1S/C16H28/c1-11-3-5-13-7-8-14-6-4-12(2)10-16(14)15(13)9-11/h11-16H,3-10H2,1-2H3. The smallest absolute Gasteiger partial charge is 0.0352 e. The second kappa shape index (κ2) is 4.35. The van der Waals surface area contributed by atoms with Gasteiger partial charge in [0.1, 0.15) is 0 Å². The van der Waals surface area contributed by atoms with E-state index in [4.69, 9.17) is 0 Å². The van der Waals surface area contributed by atoms with Crippen LogP contribution in [-0.4, -0.2) is 0 Å². The minimum absolute atomic E-state index is 1.03. The van der Waals surface area contributed by atoms with Gasteiger partial charge in [0.15, 0.2) is 0 Å². The maximum absolute atomic E-state index is 2.49. The first-order valence-corrected chi connectivity index (χ1v) is 7.74. The van der Waals surface area contributed by atoms with Gasteiger partial charge in [-0.2, -0.15) is 0 Å². The predicted octanol–water partition coefficient (Wildman–Crippen LogP) is 4.89. The number of hydrogen-bond acceptors (Lipinski definition) is 0. The van der Waals surface area contributed by atoms with E-state index in [0.717, 1.165) is 35.5 Å². The van der Waals surface area contributed by atoms with Crippen LogP contribution < -0.4 is 0 Å². The van der Waals surface area contributed by atoms with Crippen molar-refractivity contribution >= 4 is 0 Å². The molecule has 0 aromatic rings. The Bertz CT molecular complexity index is 218. The molecule has 3 aliphatic rings. The molecule has 0 bridgehead atoms. The van der Waals surface area contributed by atoms with Crippen molar-refractivity contribution in [3.63, 3.8) is 0 Å². The van der Waals surface area contributed by atoms with E-state index in [1.807, 2.05) is 0 Å². The summed E-state index contributed by atoms with van der Waals surface area (Å²) in [5.74, 6) is 6.57. The lowest BCUT2D eigenvalue weighted by Gasteiger charge is -2.50. The molecule has 0 aromatic heterocycles. The maximum atomic E-state index is 2.49. The fraction of sp³-hybridized carbons (Fsp3) is 1.00. The minimum atomic E-state index is 1.03. The molecule has 6 unspecified atom stereocenters. The lowest BCUT2D eigenvalue weighted by molar-refractivity contribution is -0.0000226. The van der Waals surface area contributed by atoms with Crippen molar-refractivity contribution in [2.24, 2.45) is 35.5 Å². The number of rotatable bonds is 0. The molecule has 0 aliphatic heterocycles. The van der Waals surface area contributed by atoms with Gasteiger partial charge < -0.3 is 0 Å². The van der Waals surface area contributed by atoms with Gasteiger partial charge in [-0.25, -0.2) is 0 Å². The Balaban J connectivity index is 1.75. The highest BCUT2D eigenvalue weighted by Gasteiger charge is 2.43. The zero-order valence-electron chi connectivity index (χ0n) is 11.1. The van der Waals surface area contributed by atoms with E-state index in [1.165, 1.54) is 12.8 Å². The van der Waals surface area contributed by atoms with Crippen molar-refractivity contribution in [1.82, 2.24) is 0 Å². The van der Waals surface area contributed by atoms with E-state index in [2.05, 4.69) is 13.8 Å². The summed E-state index contributed by atoms with van der Waals surface area (Å²) in [6, 6.07) is 0. The molecule has 0 saturated heterocycles. The largest absolute Gasteiger partial charge is 0.0625 e. The molecule has 92 valence electrons. The van der Waals surface area contributed by atoms with Crippen molar-refractivity contribution in [1.29, 1.82) is 0 Å². The Morgan fingerprint density at radius 2 is 0.938 bits per heavy atom. The molecule has 3 aliphatic carbocycles. The fourth-order valence-corrected chi connectivity index (χ4v) is 5.17. The third-order valence-corrected chi connectivity index (χ3v) is 6.08. The van der Waals surface area contributed by atoms with Gasteiger partial charge >= 0.3 is 0 Å². The summed E-state index contributed by atoms with van der Waals surface area (Å²) in [7, 11) is 0. The van der Waals surface area contributed by atoms with Gasteiger partial charge in [-0.1, -0.05) is 26.7 Å². The first-order chi connectivity index (χ1) is 7.74. The van der Waals surface area contributed by atoms with Crippen LogP contribution in [0.25, 0.3) is 0 Å². The first-order valence-electron chi connectivity index (χ1n) is 7.74. The monoisotopic (exact) mass is 220 g/mol. The molecule has 6 atom stereocenters. The third-order valence-electron chi connectivity index (χ3n) is 6.08. The normalized spacial score (nSPS) is 52.9. The minimum Gasteiger partial charge on any atom is -0.0625 e. The summed E-state index contributed by atoms with van der Waals surface area (Å²) >= 11 is 0. The molecule has 16 heavy (non-hydrogen) atoms. The summed E-state index contributed by atoms with van der Waals surface area (Å²) < 4.78 is 0. The van der Waals surface area contributed by atoms with Gasteiger partial charge in [0.2, 0.25) is 0 Å². The fourth-order valence-electron chi connectivity index (χ4n) is 5.17. The lowest BCUT2D eigenvalue weighted by Crippen LogP contribution is -2.41. The highest BCUT2D eigenvalue weighted by Crippen LogP contribution is 2.53. The Kier molecular flexibility index (Phi) is 3.02. The van der Waals surface area contributed by atoms with Crippen LogP contribution in [0.3, 0.4) is 0 Å². The Hall–Kier alpha value is 0. The lowest BCUT2D eigenvalue weighted by atomic mass is 9.55. The second-order valence-electron chi connectivity index (χ2n) is 7.26. The van der Waals surface area contributed by atoms with Crippen LogP contribution in [0.2, 0.25) is 0 Å². The van der Waals surface area contributed by atoms with E-state index >= 15 is 0 Å².